The smallest absolute Gasteiger partial charge is 0.316 e. The van der Waals surface area contributed by atoms with Crippen molar-refractivity contribution < 1.29 is 13.2 Å². The van der Waals surface area contributed by atoms with Crippen molar-refractivity contribution in [2.24, 2.45) is 5.92 Å². The molecule has 0 bridgehead atoms. The van der Waals surface area contributed by atoms with Gasteiger partial charge in [0.15, 0.2) is 0 Å². The molecule has 3 heterocycles. The molecule has 10 heteroatoms. The molecule has 8 nitrogen and oxygen atoms in total. The minimum Gasteiger partial charge on any atom is -0.486 e. The quantitative estimate of drug-likeness (QED) is 0.369. The van der Waals surface area contributed by atoms with Crippen molar-refractivity contribution in [2.75, 3.05) is 37.7 Å². The molecule has 1 aromatic carbocycles. The second-order valence-corrected chi connectivity index (χ2v) is 12.8. The number of aromatic nitrogens is 2. The summed E-state index contributed by atoms with van der Waals surface area (Å²) in [6.45, 7) is 2.07. The van der Waals surface area contributed by atoms with E-state index in [0.717, 1.165) is 18.8 Å². The summed E-state index contributed by atoms with van der Waals surface area (Å²) in [5, 5.41) is 6.22. The number of thiophene rings is 1. The van der Waals surface area contributed by atoms with Crippen LogP contribution in [-0.2, 0) is 10.0 Å². The van der Waals surface area contributed by atoms with Gasteiger partial charge in [-0.3, -0.25) is 4.79 Å². The first kappa shape index (κ1) is 25.9. The molecule has 0 unspecified atom stereocenters. The Kier molecular flexibility index (Phi) is 8.26. The zero-order valence-electron chi connectivity index (χ0n) is 21.0. The maximum absolute atomic E-state index is 13.6. The van der Waals surface area contributed by atoms with Gasteiger partial charge in [0, 0.05) is 26.2 Å². The third-order valence-electron chi connectivity index (χ3n) is 7.31. The van der Waals surface area contributed by atoms with E-state index in [2.05, 4.69) is 5.10 Å². The van der Waals surface area contributed by atoms with Crippen LogP contribution in [0.4, 0.5) is 5.69 Å². The lowest BCUT2D eigenvalue weighted by Crippen LogP contribution is -2.49. The topological polar surface area (TPSA) is 84.7 Å². The second-order valence-electron chi connectivity index (χ2n) is 9.73. The Hall–Kier alpha value is -2.69. The van der Waals surface area contributed by atoms with E-state index in [1.54, 1.807) is 23.7 Å². The van der Waals surface area contributed by atoms with Crippen LogP contribution in [-0.4, -0.2) is 55.3 Å². The normalized spacial score (nSPS) is 17.7. The maximum Gasteiger partial charge on any atom is 0.316 e. The van der Waals surface area contributed by atoms with Crippen LogP contribution in [0, 0.1) is 5.92 Å². The lowest BCUT2D eigenvalue weighted by molar-refractivity contribution is 0.265. The summed E-state index contributed by atoms with van der Waals surface area (Å²) in [6, 6.07) is 12.7. The molecule has 2 aliphatic rings. The molecule has 5 rings (SSSR count). The highest BCUT2D eigenvalue weighted by molar-refractivity contribution is 7.91. The SMILES string of the molecule is O=c1c(OCCCC2CCCCC2)c(N2CCN(S(=O)(=O)c3cccs3)CC2)cnn1-c1ccccc1. The standard InChI is InChI=1S/C27H34N4O4S2/c32-27-26(35-19-7-11-22-9-3-1-4-10-22)24(21-28-31(27)23-12-5-2-6-13-23)29-15-17-30(18-16-29)37(33,34)25-14-8-20-36-25/h2,5-6,8,12-14,20-22H,1,3-4,7,9-11,15-19H2. The number of ether oxygens (including phenoxy) is 1. The fourth-order valence-corrected chi connectivity index (χ4v) is 7.84. The molecule has 0 N–H and O–H groups in total. The van der Waals surface area contributed by atoms with Crippen molar-refractivity contribution in [1.82, 2.24) is 14.1 Å². The van der Waals surface area contributed by atoms with E-state index in [1.165, 1.54) is 52.4 Å². The molecule has 1 aliphatic heterocycles. The van der Waals surface area contributed by atoms with E-state index in [0.29, 0.717) is 48.4 Å². The summed E-state index contributed by atoms with van der Waals surface area (Å²) < 4.78 is 35.3. The fraction of sp³-hybridized carbons (Fsp3) is 0.481. The minimum atomic E-state index is -3.50. The molecule has 3 aromatic rings. The maximum atomic E-state index is 13.6. The molecular weight excluding hydrogens is 508 g/mol. The monoisotopic (exact) mass is 542 g/mol. The van der Waals surface area contributed by atoms with Crippen LogP contribution in [0.5, 0.6) is 5.75 Å². The molecule has 2 fully saturated rings. The fourth-order valence-electron chi connectivity index (χ4n) is 5.27. The molecule has 0 amide bonds. The lowest BCUT2D eigenvalue weighted by Gasteiger charge is -2.35. The van der Waals surface area contributed by atoms with Crippen LogP contribution >= 0.6 is 11.3 Å². The average Bonchev–Trinajstić information content (AvgIpc) is 3.49. The van der Waals surface area contributed by atoms with Gasteiger partial charge in [0.2, 0.25) is 5.75 Å². The molecule has 1 aliphatic carbocycles. The highest BCUT2D eigenvalue weighted by atomic mass is 32.2. The van der Waals surface area contributed by atoms with Crippen LogP contribution in [0.15, 0.2) is 63.0 Å². The largest absolute Gasteiger partial charge is 0.486 e. The number of para-hydroxylation sites is 1. The van der Waals surface area contributed by atoms with Crippen LogP contribution in [0.3, 0.4) is 0 Å². The Morgan fingerprint density at radius 1 is 0.973 bits per heavy atom. The average molecular weight is 543 g/mol. The summed E-state index contributed by atoms with van der Waals surface area (Å²) in [4.78, 5) is 15.6. The third-order valence-corrected chi connectivity index (χ3v) is 10.6. The number of sulfonamides is 1. The third kappa shape index (κ3) is 5.91. The predicted molar refractivity (Wildman–Crippen MR) is 146 cm³/mol. The van der Waals surface area contributed by atoms with Gasteiger partial charge in [0.1, 0.15) is 9.90 Å². The number of rotatable bonds is 9. The van der Waals surface area contributed by atoms with E-state index < -0.39 is 10.0 Å². The Labute approximate surface area is 222 Å². The highest BCUT2D eigenvalue weighted by Gasteiger charge is 2.31. The van der Waals surface area contributed by atoms with Crippen molar-refractivity contribution in [1.29, 1.82) is 0 Å². The summed E-state index contributed by atoms with van der Waals surface area (Å²) in [7, 11) is -3.50. The molecule has 0 radical (unpaired) electrons. The van der Waals surface area contributed by atoms with Crippen molar-refractivity contribution in [3.63, 3.8) is 0 Å². The molecule has 2 aromatic heterocycles. The Balaban J connectivity index is 1.33. The van der Waals surface area contributed by atoms with E-state index in [1.807, 2.05) is 35.2 Å². The Bertz CT molecular complexity index is 1310. The van der Waals surface area contributed by atoms with Crippen molar-refractivity contribution in [2.45, 2.75) is 49.2 Å². The van der Waals surface area contributed by atoms with E-state index >= 15 is 0 Å². The van der Waals surface area contributed by atoms with Crippen LogP contribution < -0.4 is 15.2 Å². The molecule has 0 atom stereocenters. The zero-order chi connectivity index (χ0) is 25.7. The first-order valence-corrected chi connectivity index (χ1v) is 15.4. The van der Waals surface area contributed by atoms with Crippen molar-refractivity contribution >= 4 is 27.0 Å². The van der Waals surface area contributed by atoms with Gasteiger partial charge in [0.25, 0.3) is 10.0 Å². The van der Waals surface area contributed by atoms with Crippen molar-refractivity contribution in [3.8, 4) is 11.4 Å². The minimum absolute atomic E-state index is 0.289. The number of nitrogens with zero attached hydrogens (tertiary/aromatic N) is 4. The number of anilines is 1. The molecule has 1 saturated carbocycles. The molecule has 37 heavy (non-hydrogen) atoms. The number of benzene rings is 1. The van der Waals surface area contributed by atoms with Crippen LogP contribution in [0.25, 0.3) is 5.69 Å². The summed E-state index contributed by atoms with van der Waals surface area (Å²) in [5.74, 6) is 1.05. The Morgan fingerprint density at radius 2 is 1.73 bits per heavy atom. The van der Waals surface area contributed by atoms with Crippen LogP contribution in [0.2, 0.25) is 0 Å². The lowest BCUT2D eigenvalue weighted by atomic mass is 9.86. The van der Waals surface area contributed by atoms with Gasteiger partial charge < -0.3 is 9.64 Å². The summed E-state index contributed by atoms with van der Waals surface area (Å²) in [6.07, 6.45) is 10.3. The molecular formula is C27H34N4O4S2. The first-order valence-electron chi connectivity index (χ1n) is 13.1. The Morgan fingerprint density at radius 3 is 2.43 bits per heavy atom. The number of piperazine rings is 1. The highest BCUT2D eigenvalue weighted by Crippen LogP contribution is 2.30. The predicted octanol–water partition coefficient (Wildman–Crippen LogP) is 4.54. The molecule has 198 valence electrons. The zero-order valence-corrected chi connectivity index (χ0v) is 22.6. The van der Waals surface area contributed by atoms with E-state index in [-0.39, 0.29) is 11.3 Å². The molecule has 0 spiro atoms. The van der Waals surface area contributed by atoms with Gasteiger partial charge in [-0.2, -0.15) is 14.1 Å². The number of hydrogen-bond donors (Lipinski definition) is 0. The van der Waals surface area contributed by atoms with Gasteiger partial charge in [-0.05, 0) is 42.3 Å². The number of hydrogen-bond acceptors (Lipinski definition) is 7. The van der Waals surface area contributed by atoms with Crippen molar-refractivity contribution in [3.05, 3.63) is 64.4 Å². The van der Waals surface area contributed by atoms with Gasteiger partial charge in [-0.1, -0.05) is 56.4 Å². The van der Waals surface area contributed by atoms with Gasteiger partial charge >= 0.3 is 5.56 Å². The summed E-state index contributed by atoms with van der Waals surface area (Å²) in [5.41, 5.74) is 1.01. The summed E-state index contributed by atoms with van der Waals surface area (Å²) >= 11 is 1.23. The van der Waals surface area contributed by atoms with E-state index in [9.17, 15) is 13.2 Å². The van der Waals surface area contributed by atoms with Gasteiger partial charge in [-0.25, -0.2) is 8.42 Å². The second kappa shape index (κ2) is 11.8. The van der Waals surface area contributed by atoms with Gasteiger partial charge in [-0.15, -0.1) is 11.3 Å². The first-order chi connectivity index (χ1) is 18.0. The van der Waals surface area contributed by atoms with Crippen LogP contribution in [0.1, 0.15) is 44.9 Å². The van der Waals surface area contributed by atoms with E-state index in [4.69, 9.17) is 4.74 Å². The molecule has 1 saturated heterocycles. The van der Waals surface area contributed by atoms with Gasteiger partial charge in [0.05, 0.1) is 18.5 Å².